The maximum absolute atomic E-state index is 13.3. The Kier molecular flexibility index (Phi) is 7.21. The molecule has 0 unspecified atom stereocenters. The molecule has 1 atom stereocenters. The van der Waals surface area contributed by atoms with Gasteiger partial charge in [-0.1, -0.05) is 35.3 Å². The molecule has 5 rings (SSSR count). The molecule has 3 heterocycles. The number of thiophene rings is 1. The normalized spacial score (nSPS) is 19.5. The molecule has 1 saturated heterocycles. The zero-order valence-electron chi connectivity index (χ0n) is 18.9. The smallest absolute Gasteiger partial charge is 0.243 e. The molecule has 10 heteroatoms. The number of benzene rings is 2. The highest BCUT2D eigenvalue weighted by molar-refractivity contribution is 7.89. The number of hydrogen-bond donors (Lipinski definition) is 0. The highest BCUT2D eigenvalue weighted by atomic mass is 35.5. The van der Waals surface area contributed by atoms with Crippen molar-refractivity contribution in [3.05, 3.63) is 86.0 Å². The Bertz CT molecular complexity index is 1300. The second-order valence-electron chi connectivity index (χ2n) is 8.71. The van der Waals surface area contributed by atoms with Crippen LogP contribution < -0.4 is 0 Å². The summed E-state index contributed by atoms with van der Waals surface area (Å²) in [5.41, 5.74) is 2.36. The SMILES string of the molecule is O=C(CN1CCc2sccc2[C@@H]1c1ccc(Cl)cc1)N1CCN(S(=O)(=O)c2ccc(Cl)cc2)CC1. The number of hydrogen-bond acceptors (Lipinski definition) is 5. The predicted molar refractivity (Wildman–Crippen MR) is 140 cm³/mol. The fraction of sp³-hybridized carbons (Fsp3) is 0.320. The Morgan fingerprint density at radius 1 is 0.886 bits per heavy atom. The first-order valence-corrected chi connectivity index (χ1v) is 14.5. The van der Waals surface area contributed by atoms with Gasteiger partial charge in [0.15, 0.2) is 0 Å². The molecular formula is C25H25Cl2N3O3S2. The molecule has 0 N–H and O–H groups in total. The van der Waals surface area contributed by atoms with Crippen LogP contribution >= 0.6 is 34.5 Å². The van der Waals surface area contributed by atoms with Gasteiger partial charge in [-0.2, -0.15) is 4.31 Å². The van der Waals surface area contributed by atoms with Crippen molar-refractivity contribution in [3.63, 3.8) is 0 Å². The Hall–Kier alpha value is -1.94. The fourth-order valence-corrected chi connectivity index (χ4v) is 7.36. The summed E-state index contributed by atoms with van der Waals surface area (Å²) in [6.07, 6.45) is 0.914. The highest BCUT2D eigenvalue weighted by Gasteiger charge is 2.34. The molecule has 3 aromatic rings. The first-order chi connectivity index (χ1) is 16.8. The van der Waals surface area contributed by atoms with Crippen LogP contribution in [0.2, 0.25) is 10.0 Å². The lowest BCUT2D eigenvalue weighted by atomic mass is 9.93. The zero-order chi connectivity index (χ0) is 24.6. The van der Waals surface area contributed by atoms with E-state index in [1.807, 2.05) is 24.3 Å². The van der Waals surface area contributed by atoms with Crippen LogP contribution in [0.5, 0.6) is 0 Å². The molecule has 0 spiro atoms. The van der Waals surface area contributed by atoms with E-state index in [0.717, 1.165) is 18.5 Å². The van der Waals surface area contributed by atoms with E-state index < -0.39 is 10.0 Å². The summed E-state index contributed by atoms with van der Waals surface area (Å²) in [6.45, 7) is 2.35. The van der Waals surface area contributed by atoms with Crippen LogP contribution in [-0.4, -0.2) is 67.7 Å². The number of sulfonamides is 1. The van der Waals surface area contributed by atoms with Crippen LogP contribution in [0.3, 0.4) is 0 Å². The number of rotatable bonds is 5. The van der Waals surface area contributed by atoms with Crippen molar-refractivity contribution < 1.29 is 13.2 Å². The lowest BCUT2D eigenvalue weighted by Crippen LogP contribution is -2.53. The van der Waals surface area contributed by atoms with E-state index >= 15 is 0 Å². The van der Waals surface area contributed by atoms with Gasteiger partial charge in [-0.05, 0) is 65.4 Å². The van der Waals surface area contributed by atoms with E-state index in [1.54, 1.807) is 28.4 Å². The molecular weight excluding hydrogens is 525 g/mol. The summed E-state index contributed by atoms with van der Waals surface area (Å²) in [7, 11) is -3.61. The lowest BCUT2D eigenvalue weighted by Gasteiger charge is -2.39. The van der Waals surface area contributed by atoms with E-state index in [1.165, 1.54) is 26.9 Å². The number of piperazine rings is 1. The summed E-state index contributed by atoms with van der Waals surface area (Å²) in [4.78, 5) is 18.9. The van der Waals surface area contributed by atoms with Crippen LogP contribution in [0.15, 0.2) is 64.9 Å². The second kappa shape index (κ2) is 10.2. The second-order valence-corrected chi connectivity index (χ2v) is 12.5. The van der Waals surface area contributed by atoms with Gasteiger partial charge >= 0.3 is 0 Å². The Morgan fingerprint density at radius 2 is 1.51 bits per heavy atom. The monoisotopic (exact) mass is 549 g/mol. The van der Waals surface area contributed by atoms with Gasteiger partial charge in [-0.25, -0.2) is 8.42 Å². The summed E-state index contributed by atoms with van der Waals surface area (Å²) in [6, 6.07) is 16.1. The van der Waals surface area contributed by atoms with E-state index in [-0.39, 0.29) is 36.5 Å². The Morgan fingerprint density at radius 3 is 2.17 bits per heavy atom. The van der Waals surface area contributed by atoms with E-state index in [2.05, 4.69) is 16.3 Å². The van der Waals surface area contributed by atoms with Crippen molar-refractivity contribution in [2.24, 2.45) is 0 Å². The van der Waals surface area contributed by atoms with Crippen molar-refractivity contribution >= 4 is 50.5 Å². The molecule has 35 heavy (non-hydrogen) atoms. The van der Waals surface area contributed by atoms with Crippen LogP contribution in [0, 0.1) is 0 Å². The van der Waals surface area contributed by atoms with Gasteiger partial charge < -0.3 is 4.90 Å². The van der Waals surface area contributed by atoms with Gasteiger partial charge in [0.2, 0.25) is 15.9 Å². The van der Waals surface area contributed by atoms with Crippen LogP contribution in [-0.2, 0) is 21.2 Å². The minimum absolute atomic E-state index is 0.00205. The van der Waals surface area contributed by atoms with Gasteiger partial charge in [0.25, 0.3) is 0 Å². The van der Waals surface area contributed by atoms with E-state index in [4.69, 9.17) is 23.2 Å². The Balaban J connectivity index is 1.27. The third-order valence-electron chi connectivity index (χ3n) is 6.63. The first-order valence-electron chi connectivity index (χ1n) is 11.4. The maximum Gasteiger partial charge on any atom is 0.243 e. The van der Waals surface area contributed by atoms with Crippen molar-refractivity contribution in [3.8, 4) is 0 Å². The van der Waals surface area contributed by atoms with Gasteiger partial charge in [-0.15, -0.1) is 11.3 Å². The number of halogens is 2. The third kappa shape index (κ3) is 5.14. The average molecular weight is 551 g/mol. The Labute approximate surface area is 219 Å². The topological polar surface area (TPSA) is 60.9 Å². The summed E-state index contributed by atoms with van der Waals surface area (Å²) >= 11 is 13.8. The van der Waals surface area contributed by atoms with Gasteiger partial charge in [0.05, 0.1) is 17.5 Å². The molecule has 0 radical (unpaired) electrons. The lowest BCUT2D eigenvalue weighted by molar-refractivity contribution is -0.134. The van der Waals surface area contributed by atoms with E-state index in [0.29, 0.717) is 23.1 Å². The van der Waals surface area contributed by atoms with Crippen molar-refractivity contribution in [1.29, 1.82) is 0 Å². The summed E-state index contributed by atoms with van der Waals surface area (Å²) < 4.78 is 27.4. The summed E-state index contributed by atoms with van der Waals surface area (Å²) in [5, 5.41) is 3.28. The third-order valence-corrected chi connectivity index (χ3v) is 10.0. The van der Waals surface area contributed by atoms with Crippen LogP contribution in [0.4, 0.5) is 0 Å². The molecule has 1 fully saturated rings. The van der Waals surface area contributed by atoms with Crippen molar-refractivity contribution in [1.82, 2.24) is 14.1 Å². The average Bonchev–Trinajstić information content (AvgIpc) is 3.34. The molecule has 0 bridgehead atoms. The molecule has 0 aliphatic carbocycles. The van der Waals surface area contributed by atoms with Gasteiger partial charge in [0.1, 0.15) is 0 Å². The zero-order valence-corrected chi connectivity index (χ0v) is 22.1. The summed E-state index contributed by atoms with van der Waals surface area (Å²) in [5.74, 6) is 0.0196. The number of carbonyl (C=O) groups excluding carboxylic acids is 1. The first kappa shape index (κ1) is 24.7. The molecule has 2 aliphatic heterocycles. The number of carbonyl (C=O) groups is 1. The fourth-order valence-electron chi connectivity index (χ4n) is 4.78. The molecule has 184 valence electrons. The maximum atomic E-state index is 13.3. The standard InChI is InChI=1S/C25H25Cl2N3O3S2/c26-19-3-1-18(2-4-19)25-22-10-16-34-23(22)9-11-29(25)17-24(31)28-12-14-30(15-13-28)35(32,33)21-7-5-20(27)6-8-21/h1-8,10,16,25H,9,11-15,17H2/t25-/m0/s1. The minimum Gasteiger partial charge on any atom is -0.339 e. The van der Waals surface area contributed by atoms with Gasteiger partial charge in [0, 0.05) is 47.6 Å². The van der Waals surface area contributed by atoms with Crippen LogP contribution in [0.25, 0.3) is 0 Å². The highest BCUT2D eigenvalue weighted by Crippen LogP contribution is 2.38. The van der Waals surface area contributed by atoms with Crippen molar-refractivity contribution in [2.75, 3.05) is 39.3 Å². The molecule has 2 aliphatic rings. The molecule has 2 aromatic carbocycles. The largest absolute Gasteiger partial charge is 0.339 e. The minimum atomic E-state index is -3.61. The molecule has 1 aromatic heterocycles. The number of amides is 1. The quantitative estimate of drug-likeness (QED) is 0.468. The van der Waals surface area contributed by atoms with Crippen molar-refractivity contribution in [2.45, 2.75) is 17.4 Å². The number of nitrogens with zero attached hydrogens (tertiary/aromatic N) is 3. The van der Waals surface area contributed by atoms with Gasteiger partial charge in [-0.3, -0.25) is 9.69 Å². The predicted octanol–water partition coefficient (Wildman–Crippen LogP) is 4.54. The number of fused-ring (bicyclic) bond motifs is 1. The molecule has 0 saturated carbocycles. The molecule has 6 nitrogen and oxygen atoms in total. The molecule has 1 amide bonds. The van der Waals surface area contributed by atoms with Crippen LogP contribution in [0.1, 0.15) is 22.0 Å². The van der Waals surface area contributed by atoms with E-state index in [9.17, 15) is 13.2 Å².